The van der Waals surface area contributed by atoms with Gasteiger partial charge in [-0.15, -0.1) is 0 Å². The van der Waals surface area contributed by atoms with Crippen LogP contribution < -0.4 is 5.56 Å². The van der Waals surface area contributed by atoms with E-state index in [2.05, 4.69) is 15.0 Å². The van der Waals surface area contributed by atoms with Crippen LogP contribution in [-0.4, -0.2) is 24.1 Å². The summed E-state index contributed by atoms with van der Waals surface area (Å²) in [4.78, 5) is 24.2. The fourth-order valence-electron chi connectivity index (χ4n) is 3.49. The number of fused-ring (bicyclic) bond motifs is 2. The average Bonchev–Trinajstić information content (AvgIpc) is 3.25. The van der Waals surface area contributed by atoms with Crippen molar-refractivity contribution in [2.24, 2.45) is 7.05 Å². The molecule has 3 aromatic heterocycles. The molecule has 0 saturated heterocycles. The van der Waals surface area contributed by atoms with Crippen molar-refractivity contribution in [1.29, 1.82) is 0 Å². The quantitative estimate of drug-likeness (QED) is 0.536. The number of nitrogens with one attached hydrogen (secondary N) is 1. The Labute approximate surface area is 148 Å². The van der Waals surface area contributed by atoms with Crippen LogP contribution in [0.15, 0.2) is 72.2 Å². The van der Waals surface area contributed by atoms with E-state index in [0.29, 0.717) is 11.0 Å². The number of benzene rings is 2. The van der Waals surface area contributed by atoms with Crippen molar-refractivity contribution in [2.75, 3.05) is 0 Å². The summed E-state index contributed by atoms with van der Waals surface area (Å²) < 4.78 is 3.88. The number of aromatic nitrogens is 5. The minimum Gasteiger partial charge on any atom is -0.333 e. The second-order valence-electron chi connectivity index (χ2n) is 6.21. The summed E-state index contributed by atoms with van der Waals surface area (Å²) >= 11 is 0. The van der Waals surface area contributed by atoms with Crippen molar-refractivity contribution in [3.63, 3.8) is 0 Å². The summed E-state index contributed by atoms with van der Waals surface area (Å²) in [6.45, 7) is 0. The highest BCUT2D eigenvalue weighted by molar-refractivity contribution is 6.01. The van der Waals surface area contributed by atoms with Gasteiger partial charge in [0.2, 0.25) is 0 Å². The molecule has 0 spiro atoms. The lowest BCUT2D eigenvalue weighted by molar-refractivity contribution is 0.948. The largest absolute Gasteiger partial charge is 0.333 e. The number of aryl methyl sites for hydroxylation is 1. The second kappa shape index (κ2) is 5.42. The maximum absolute atomic E-state index is 12.6. The van der Waals surface area contributed by atoms with Crippen molar-refractivity contribution in [2.45, 2.75) is 0 Å². The van der Waals surface area contributed by atoms with Crippen LogP contribution in [0.1, 0.15) is 0 Å². The van der Waals surface area contributed by atoms with E-state index in [0.717, 1.165) is 27.8 Å². The Balaban J connectivity index is 1.92. The van der Waals surface area contributed by atoms with Gasteiger partial charge in [0.25, 0.3) is 5.56 Å². The Morgan fingerprint density at radius 1 is 0.923 bits per heavy atom. The van der Waals surface area contributed by atoms with Crippen molar-refractivity contribution < 1.29 is 0 Å². The van der Waals surface area contributed by atoms with Crippen LogP contribution in [-0.2, 0) is 7.05 Å². The molecular weight excluding hydrogens is 326 g/mol. The van der Waals surface area contributed by atoms with Gasteiger partial charge < -0.3 is 14.1 Å². The Bertz CT molecular complexity index is 1310. The monoisotopic (exact) mass is 341 g/mol. The van der Waals surface area contributed by atoms with E-state index in [1.807, 2.05) is 70.9 Å². The molecule has 0 saturated carbocycles. The van der Waals surface area contributed by atoms with Gasteiger partial charge in [-0.25, -0.2) is 9.97 Å². The summed E-state index contributed by atoms with van der Waals surface area (Å²) in [5, 5.41) is 0. The third-order valence-corrected chi connectivity index (χ3v) is 4.64. The number of hydrogen-bond donors (Lipinski definition) is 1. The number of rotatable bonds is 2. The molecule has 3 heterocycles. The predicted octanol–water partition coefficient (Wildman–Crippen LogP) is 3.27. The topological polar surface area (TPSA) is 68.5 Å². The van der Waals surface area contributed by atoms with E-state index in [4.69, 9.17) is 0 Å². The molecule has 0 atom stereocenters. The zero-order valence-corrected chi connectivity index (χ0v) is 14.0. The van der Waals surface area contributed by atoms with Gasteiger partial charge in [-0.05, 0) is 18.2 Å². The lowest BCUT2D eigenvalue weighted by atomic mass is 10.1. The fraction of sp³-hybridized carbons (Fsp3) is 0.0500. The van der Waals surface area contributed by atoms with Gasteiger partial charge in [-0.1, -0.05) is 30.3 Å². The predicted molar refractivity (Wildman–Crippen MR) is 101 cm³/mol. The van der Waals surface area contributed by atoms with Gasteiger partial charge in [-0.3, -0.25) is 4.79 Å². The van der Waals surface area contributed by atoms with Crippen LogP contribution in [0.4, 0.5) is 0 Å². The molecule has 0 fully saturated rings. The Hall–Kier alpha value is -3.67. The molecule has 26 heavy (non-hydrogen) atoms. The lowest BCUT2D eigenvalue weighted by Gasteiger charge is -2.04. The lowest BCUT2D eigenvalue weighted by Crippen LogP contribution is -2.09. The maximum atomic E-state index is 12.6. The first-order chi connectivity index (χ1) is 12.7. The minimum atomic E-state index is -0.165. The summed E-state index contributed by atoms with van der Waals surface area (Å²) in [6.07, 6.45) is 5.22. The normalized spacial score (nSPS) is 11.4. The van der Waals surface area contributed by atoms with Crippen LogP contribution in [0.3, 0.4) is 0 Å². The Morgan fingerprint density at radius 2 is 1.77 bits per heavy atom. The third kappa shape index (κ3) is 2.02. The number of H-pyrrole nitrogens is 1. The molecule has 0 aliphatic heterocycles. The highest BCUT2D eigenvalue weighted by atomic mass is 16.1. The molecule has 5 aromatic rings. The van der Waals surface area contributed by atoms with Crippen LogP contribution >= 0.6 is 0 Å². The van der Waals surface area contributed by atoms with Gasteiger partial charge in [0, 0.05) is 30.1 Å². The first-order valence-corrected chi connectivity index (χ1v) is 8.28. The molecule has 5 rings (SSSR count). The van der Waals surface area contributed by atoms with Gasteiger partial charge in [0.05, 0.1) is 23.7 Å². The standard InChI is InChI=1S/C20H15N5O/c1-24-12-23-16-9-5-8-14(18(16)24)15-10-25(13-6-3-2-4-7-13)19-17(15)21-11-22-20(19)26/h2-12H,1H3,(H,21,22,26). The molecule has 126 valence electrons. The van der Waals surface area contributed by atoms with Crippen LogP contribution in [0.2, 0.25) is 0 Å². The molecule has 0 aliphatic carbocycles. The van der Waals surface area contributed by atoms with E-state index in [-0.39, 0.29) is 5.56 Å². The zero-order valence-electron chi connectivity index (χ0n) is 14.0. The Kier molecular flexibility index (Phi) is 3.05. The van der Waals surface area contributed by atoms with Crippen molar-refractivity contribution >= 4 is 22.1 Å². The number of imidazole rings is 1. The van der Waals surface area contributed by atoms with Crippen molar-refractivity contribution in [3.05, 3.63) is 77.7 Å². The van der Waals surface area contributed by atoms with Gasteiger partial charge >= 0.3 is 0 Å². The van der Waals surface area contributed by atoms with E-state index in [9.17, 15) is 4.79 Å². The second-order valence-corrected chi connectivity index (χ2v) is 6.21. The van der Waals surface area contributed by atoms with E-state index in [1.54, 1.807) is 6.33 Å². The summed E-state index contributed by atoms with van der Waals surface area (Å²) in [5.41, 5.74) is 5.79. The molecule has 6 nitrogen and oxygen atoms in total. The summed E-state index contributed by atoms with van der Waals surface area (Å²) in [5.74, 6) is 0. The average molecular weight is 341 g/mol. The molecule has 0 bridgehead atoms. The van der Waals surface area contributed by atoms with Crippen LogP contribution in [0, 0.1) is 0 Å². The van der Waals surface area contributed by atoms with E-state index < -0.39 is 0 Å². The molecule has 2 aromatic carbocycles. The van der Waals surface area contributed by atoms with Crippen LogP contribution in [0.5, 0.6) is 0 Å². The van der Waals surface area contributed by atoms with Gasteiger partial charge in [0.15, 0.2) is 0 Å². The molecule has 0 amide bonds. The molecular formula is C20H15N5O. The first-order valence-electron chi connectivity index (χ1n) is 8.28. The van der Waals surface area contributed by atoms with E-state index >= 15 is 0 Å². The van der Waals surface area contributed by atoms with Crippen molar-refractivity contribution in [3.8, 4) is 16.8 Å². The summed E-state index contributed by atoms with van der Waals surface area (Å²) in [6, 6.07) is 15.8. The smallest absolute Gasteiger partial charge is 0.275 e. The number of para-hydroxylation sites is 2. The molecule has 0 radical (unpaired) electrons. The highest BCUT2D eigenvalue weighted by Crippen LogP contribution is 2.33. The third-order valence-electron chi connectivity index (χ3n) is 4.64. The van der Waals surface area contributed by atoms with E-state index in [1.165, 1.54) is 6.33 Å². The molecule has 1 N–H and O–H groups in total. The molecule has 0 aliphatic rings. The summed E-state index contributed by atoms with van der Waals surface area (Å²) in [7, 11) is 1.97. The fourth-order valence-corrected chi connectivity index (χ4v) is 3.49. The zero-order chi connectivity index (χ0) is 17.7. The maximum Gasteiger partial charge on any atom is 0.275 e. The van der Waals surface area contributed by atoms with Crippen LogP contribution in [0.25, 0.3) is 38.9 Å². The van der Waals surface area contributed by atoms with Gasteiger partial charge in [0.1, 0.15) is 11.0 Å². The Morgan fingerprint density at radius 3 is 2.62 bits per heavy atom. The number of hydrogen-bond acceptors (Lipinski definition) is 3. The first kappa shape index (κ1) is 14.7. The molecule has 6 heteroatoms. The highest BCUT2D eigenvalue weighted by Gasteiger charge is 2.18. The SMILES string of the molecule is Cn1cnc2cccc(-c3cn(-c4ccccc4)c4c(=O)[nH]cnc34)c21. The number of nitrogens with zero attached hydrogens (tertiary/aromatic N) is 4. The van der Waals surface area contributed by atoms with Crippen molar-refractivity contribution in [1.82, 2.24) is 24.1 Å². The molecule has 0 unspecified atom stereocenters. The number of aromatic amines is 1. The van der Waals surface area contributed by atoms with Gasteiger partial charge in [-0.2, -0.15) is 0 Å². The minimum absolute atomic E-state index is 0.165.